The van der Waals surface area contributed by atoms with Gasteiger partial charge in [0.1, 0.15) is 12.2 Å². The molecule has 6 unspecified atom stereocenters. The third-order valence-corrected chi connectivity index (χ3v) is 4.47. The molecule has 118 valence electrons. The summed E-state index contributed by atoms with van der Waals surface area (Å²) < 4.78 is 17.8. The van der Waals surface area contributed by atoms with Crippen LogP contribution in [0.3, 0.4) is 0 Å². The van der Waals surface area contributed by atoms with Crippen LogP contribution in [0.4, 0.5) is 0 Å². The summed E-state index contributed by atoms with van der Waals surface area (Å²) in [7, 11) is 1.54. The van der Waals surface area contributed by atoms with Gasteiger partial charge in [0.15, 0.2) is 0 Å². The highest BCUT2D eigenvalue weighted by molar-refractivity contribution is 6.06. The number of amides is 2. The van der Waals surface area contributed by atoms with Crippen LogP contribution in [0.1, 0.15) is 27.7 Å². The average Bonchev–Trinajstić information content (AvgIpc) is 2.98. The molecule has 0 aromatic rings. The van der Waals surface area contributed by atoms with Gasteiger partial charge < -0.3 is 14.2 Å². The molecule has 3 aliphatic rings. The molecular weight excluding hydrogens is 274 g/mol. The number of imide groups is 1. The van der Waals surface area contributed by atoms with Crippen molar-refractivity contribution in [3.05, 3.63) is 0 Å². The number of likely N-dealkylation sites (tertiary alicyclic amines) is 1. The van der Waals surface area contributed by atoms with Crippen molar-refractivity contribution < 1.29 is 23.8 Å². The van der Waals surface area contributed by atoms with Crippen LogP contribution in [0.2, 0.25) is 0 Å². The third-order valence-electron chi connectivity index (χ3n) is 4.47. The SMILES string of the molecule is CC(C)OC1C(OC(C)C)C2OC1C1C(=O)N(C)C(=O)C21. The number of hydrogen-bond donors (Lipinski definition) is 0. The molecule has 6 heteroatoms. The largest absolute Gasteiger partial charge is 0.370 e. The molecule has 0 aliphatic carbocycles. The summed E-state index contributed by atoms with van der Waals surface area (Å²) >= 11 is 0. The maximum atomic E-state index is 12.3. The topological polar surface area (TPSA) is 65.1 Å². The van der Waals surface area contributed by atoms with E-state index in [1.165, 1.54) is 4.90 Å². The highest BCUT2D eigenvalue weighted by atomic mass is 16.6. The van der Waals surface area contributed by atoms with Crippen LogP contribution in [-0.4, -0.2) is 60.4 Å². The van der Waals surface area contributed by atoms with Gasteiger partial charge in [-0.1, -0.05) is 0 Å². The van der Waals surface area contributed by atoms with Gasteiger partial charge in [-0.2, -0.15) is 0 Å². The Morgan fingerprint density at radius 1 is 0.905 bits per heavy atom. The number of ether oxygens (including phenoxy) is 3. The molecule has 3 rings (SSSR count). The van der Waals surface area contributed by atoms with Crippen LogP contribution >= 0.6 is 0 Å². The van der Waals surface area contributed by atoms with E-state index in [9.17, 15) is 9.59 Å². The molecule has 3 heterocycles. The van der Waals surface area contributed by atoms with Crippen LogP contribution in [0.5, 0.6) is 0 Å². The second-order valence-electron chi connectivity index (χ2n) is 6.65. The summed E-state index contributed by atoms with van der Waals surface area (Å²) in [6.45, 7) is 7.79. The number of carbonyl (C=O) groups excluding carboxylic acids is 2. The number of nitrogens with zero attached hydrogens (tertiary/aromatic N) is 1. The van der Waals surface area contributed by atoms with E-state index >= 15 is 0 Å². The molecule has 0 N–H and O–H groups in total. The van der Waals surface area contributed by atoms with Crippen molar-refractivity contribution >= 4 is 11.8 Å². The second kappa shape index (κ2) is 5.04. The molecule has 2 amide bonds. The van der Waals surface area contributed by atoms with E-state index in [0.717, 1.165) is 0 Å². The summed E-state index contributed by atoms with van der Waals surface area (Å²) in [5.74, 6) is -1.14. The lowest BCUT2D eigenvalue weighted by atomic mass is 9.77. The van der Waals surface area contributed by atoms with Gasteiger partial charge in [-0.3, -0.25) is 14.5 Å². The standard InChI is InChI=1S/C15H23NO5/c1-6(2)19-12-10-8-9(15(18)16(5)14(8)17)11(21-10)13(12)20-7(3)4/h6-13H,1-5H3. The fourth-order valence-corrected chi connectivity index (χ4v) is 3.78. The summed E-state index contributed by atoms with van der Waals surface area (Å²) in [5, 5.41) is 0. The quantitative estimate of drug-likeness (QED) is 0.710. The third kappa shape index (κ3) is 2.12. The van der Waals surface area contributed by atoms with Gasteiger partial charge in [0.25, 0.3) is 0 Å². The smallest absolute Gasteiger partial charge is 0.235 e. The molecule has 0 spiro atoms. The van der Waals surface area contributed by atoms with Crippen molar-refractivity contribution in [1.82, 2.24) is 4.90 Å². The van der Waals surface area contributed by atoms with E-state index in [2.05, 4.69) is 0 Å². The molecule has 2 bridgehead atoms. The summed E-state index contributed by atoms with van der Waals surface area (Å²) in [5.41, 5.74) is 0. The minimum Gasteiger partial charge on any atom is -0.370 e. The van der Waals surface area contributed by atoms with Gasteiger partial charge in [-0.25, -0.2) is 0 Å². The van der Waals surface area contributed by atoms with E-state index in [0.29, 0.717) is 0 Å². The molecule has 6 atom stereocenters. The van der Waals surface area contributed by atoms with Crippen molar-refractivity contribution in [2.24, 2.45) is 11.8 Å². The van der Waals surface area contributed by atoms with E-state index in [1.54, 1.807) is 7.05 Å². The average molecular weight is 297 g/mol. The Morgan fingerprint density at radius 2 is 1.29 bits per heavy atom. The van der Waals surface area contributed by atoms with E-state index in [1.807, 2.05) is 27.7 Å². The second-order valence-corrected chi connectivity index (χ2v) is 6.65. The van der Waals surface area contributed by atoms with Crippen LogP contribution in [0, 0.1) is 11.8 Å². The Hall–Kier alpha value is -0.980. The lowest BCUT2D eigenvalue weighted by Gasteiger charge is -2.34. The summed E-state index contributed by atoms with van der Waals surface area (Å²) in [6.07, 6.45) is -1.32. The molecule has 0 radical (unpaired) electrons. The Balaban J connectivity index is 1.90. The van der Waals surface area contributed by atoms with Crippen molar-refractivity contribution in [2.75, 3.05) is 7.05 Å². The van der Waals surface area contributed by atoms with Gasteiger partial charge >= 0.3 is 0 Å². The molecule has 3 saturated heterocycles. The Labute approximate surface area is 124 Å². The van der Waals surface area contributed by atoms with Crippen LogP contribution < -0.4 is 0 Å². The van der Waals surface area contributed by atoms with Crippen LogP contribution in [0.15, 0.2) is 0 Å². The summed E-state index contributed by atoms with van der Waals surface area (Å²) in [4.78, 5) is 25.8. The van der Waals surface area contributed by atoms with Crippen molar-refractivity contribution in [2.45, 2.75) is 64.3 Å². The van der Waals surface area contributed by atoms with Gasteiger partial charge in [0.05, 0.1) is 36.3 Å². The predicted molar refractivity (Wildman–Crippen MR) is 73.4 cm³/mol. The number of fused-ring (bicyclic) bond motifs is 5. The van der Waals surface area contributed by atoms with Crippen LogP contribution in [0.25, 0.3) is 0 Å². The first-order chi connectivity index (χ1) is 9.82. The zero-order valence-electron chi connectivity index (χ0n) is 13.1. The zero-order valence-corrected chi connectivity index (χ0v) is 13.1. The molecule has 0 aromatic heterocycles. The summed E-state index contributed by atoms with van der Waals surface area (Å²) in [6, 6.07) is 0. The maximum absolute atomic E-state index is 12.3. The molecule has 21 heavy (non-hydrogen) atoms. The molecular formula is C15H23NO5. The fraction of sp³-hybridized carbons (Fsp3) is 0.867. The normalized spacial score (nSPS) is 41.8. The fourth-order valence-electron chi connectivity index (χ4n) is 3.78. The molecule has 3 aliphatic heterocycles. The van der Waals surface area contributed by atoms with Gasteiger partial charge in [-0.15, -0.1) is 0 Å². The molecule has 0 aromatic carbocycles. The van der Waals surface area contributed by atoms with E-state index in [4.69, 9.17) is 14.2 Å². The maximum Gasteiger partial charge on any atom is 0.235 e. The highest BCUT2D eigenvalue weighted by Crippen LogP contribution is 2.50. The predicted octanol–water partition coefficient (Wildman–Crippen LogP) is 0.586. The number of rotatable bonds is 4. The minimum absolute atomic E-state index is 0.0135. The molecule has 0 saturated carbocycles. The minimum atomic E-state index is -0.414. The monoisotopic (exact) mass is 297 g/mol. The molecule has 3 fully saturated rings. The molecule has 6 nitrogen and oxygen atoms in total. The van der Waals surface area contributed by atoms with Crippen LogP contribution in [-0.2, 0) is 23.8 Å². The van der Waals surface area contributed by atoms with Gasteiger partial charge in [-0.05, 0) is 27.7 Å². The van der Waals surface area contributed by atoms with Gasteiger partial charge in [0.2, 0.25) is 11.8 Å². The Kier molecular flexibility index (Phi) is 3.58. The first kappa shape index (κ1) is 14.9. The van der Waals surface area contributed by atoms with Crippen molar-refractivity contribution in [3.8, 4) is 0 Å². The lowest BCUT2D eigenvalue weighted by molar-refractivity contribution is -0.141. The lowest BCUT2D eigenvalue weighted by Crippen LogP contribution is -2.51. The first-order valence-electron chi connectivity index (χ1n) is 7.60. The van der Waals surface area contributed by atoms with E-state index < -0.39 is 11.8 Å². The van der Waals surface area contributed by atoms with E-state index in [-0.39, 0.29) is 48.4 Å². The zero-order chi connectivity index (χ0) is 15.5. The van der Waals surface area contributed by atoms with Crippen molar-refractivity contribution in [1.29, 1.82) is 0 Å². The Morgan fingerprint density at radius 3 is 1.62 bits per heavy atom. The number of hydrogen-bond acceptors (Lipinski definition) is 5. The Bertz CT molecular complexity index is 423. The van der Waals surface area contributed by atoms with Gasteiger partial charge in [0, 0.05) is 7.05 Å². The first-order valence-corrected chi connectivity index (χ1v) is 7.60. The highest BCUT2D eigenvalue weighted by Gasteiger charge is 2.69. The van der Waals surface area contributed by atoms with Crippen molar-refractivity contribution in [3.63, 3.8) is 0 Å². The number of carbonyl (C=O) groups is 2.